The number of carbonyl (C=O) groups is 2. The molecule has 22 nitrogen and oxygen atoms in total. The summed E-state index contributed by atoms with van der Waals surface area (Å²) in [5, 5.41) is 106. The van der Waals surface area contributed by atoms with Gasteiger partial charge in [0, 0.05) is 5.56 Å². The molecule has 2 saturated carbocycles. The molecule has 2 aliphatic carbocycles. The van der Waals surface area contributed by atoms with Gasteiger partial charge in [0.1, 0.15) is 66.7 Å². The highest BCUT2D eigenvalue weighted by atomic mass is 19.2. The number of hydrogen-bond acceptors (Lipinski definition) is 20. The second-order valence-electron chi connectivity index (χ2n) is 20.3. The zero-order valence-corrected chi connectivity index (χ0v) is 41.1. The number of aliphatic carboxylic acids is 1. The van der Waals surface area contributed by atoms with Crippen LogP contribution in [0.25, 0.3) is 11.3 Å². The molecule has 5 aliphatic rings. The third-order valence-electron chi connectivity index (χ3n) is 15.0. The third-order valence-corrected chi connectivity index (χ3v) is 15.0. The van der Waals surface area contributed by atoms with Crippen LogP contribution in [0.1, 0.15) is 81.6 Å². The normalized spacial score (nSPS) is 37.2. The first-order valence-electron chi connectivity index (χ1n) is 25.3. The Morgan fingerprint density at radius 2 is 1.41 bits per heavy atom. The Morgan fingerprint density at radius 3 is 2.08 bits per heavy atom. The largest absolute Gasteiger partial charge is 0.479 e. The Kier molecular flexibility index (Phi) is 19.0. The number of hydrogen-bond donors (Lipinski definition) is 9. The molecule has 2 aromatic carbocycles. The van der Waals surface area contributed by atoms with Gasteiger partial charge in [-0.2, -0.15) is 0 Å². The molecule has 1 aromatic heterocycles. The zero-order valence-electron chi connectivity index (χ0n) is 41.1. The van der Waals surface area contributed by atoms with Crippen LogP contribution in [0.5, 0.6) is 0 Å². The smallest absolute Gasteiger partial charge is 0.338 e. The van der Waals surface area contributed by atoms with Crippen molar-refractivity contribution in [2.24, 2.45) is 17.8 Å². The third kappa shape index (κ3) is 12.8. The molecule has 3 saturated heterocycles. The van der Waals surface area contributed by atoms with Crippen molar-refractivity contribution in [2.45, 2.75) is 176 Å². The predicted octanol–water partition coefficient (Wildman–Crippen LogP) is 1.12. The van der Waals surface area contributed by atoms with E-state index in [2.05, 4.69) is 10.3 Å². The fourth-order valence-corrected chi connectivity index (χ4v) is 10.9. The van der Waals surface area contributed by atoms with E-state index in [1.54, 1.807) is 25.1 Å². The van der Waals surface area contributed by atoms with Crippen LogP contribution in [0.3, 0.4) is 0 Å². The minimum atomic E-state index is -1.76. The van der Waals surface area contributed by atoms with Crippen molar-refractivity contribution < 1.29 is 107 Å². The topological polar surface area (TPSA) is 321 Å². The number of aliphatic hydroxyl groups excluding tert-OH is 8. The van der Waals surface area contributed by atoms with E-state index in [-0.39, 0.29) is 48.6 Å². The fourth-order valence-electron chi connectivity index (χ4n) is 10.9. The van der Waals surface area contributed by atoms with Crippen LogP contribution in [-0.4, -0.2) is 197 Å². The molecule has 12 unspecified atom stereocenters. The first-order chi connectivity index (χ1) is 35.9. The number of nitrogens with zero attached hydrogens (tertiary/aromatic N) is 3. The minimum absolute atomic E-state index is 0.0172. The maximum atomic E-state index is 14.1. The maximum Gasteiger partial charge on any atom is 0.338 e. The van der Waals surface area contributed by atoms with Gasteiger partial charge in [-0.05, 0) is 68.2 Å². The van der Waals surface area contributed by atoms with Gasteiger partial charge in [-0.15, -0.1) is 5.10 Å². The lowest BCUT2D eigenvalue weighted by Gasteiger charge is -2.48. The van der Waals surface area contributed by atoms with Crippen LogP contribution in [0, 0.1) is 35.2 Å². The first-order valence-corrected chi connectivity index (χ1v) is 25.3. The maximum absolute atomic E-state index is 14.1. The highest BCUT2D eigenvalue weighted by molar-refractivity contribution is 5.89. The minimum Gasteiger partial charge on any atom is -0.479 e. The van der Waals surface area contributed by atoms with Crippen molar-refractivity contribution in [3.05, 3.63) is 71.7 Å². The van der Waals surface area contributed by atoms with E-state index in [0.717, 1.165) is 43.0 Å². The van der Waals surface area contributed by atoms with E-state index < -0.39 is 165 Å². The van der Waals surface area contributed by atoms with Crippen LogP contribution in [0.2, 0.25) is 0 Å². The lowest BCUT2D eigenvalue weighted by Crippen LogP contribution is -2.64. The summed E-state index contributed by atoms with van der Waals surface area (Å²) < 4.78 is 92.4. The van der Waals surface area contributed by atoms with Crippen molar-refractivity contribution in [1.29, 1.82) is 0 Å². The average molecular weight is 1070 g/mol. The molecule has 25 heteroatoms. The molecule has 3 aliphatic heterocycles. The van der Waals surface area contributed by atoms with Crippen molar-refractivity contribution in [1.82, 2.24) is 15.0 Å². The molecular formula is C50H66F3N3O19. The molecular weight excluding hydrogens is 1000 g/mol. The number of benzene rings is 2. The van der Waals surface area contributed by atoms with E-state index in [1.807, 2.05) is 0 Å². The molecule has 75 heavy (non-hydrogen) atoms. The number of halogens is 3. The first kappa shape index (κ1) is 56.9. The number of aliphatic hydroxyl groups is 8. The summed E-state index contributed by atoms with van der Waals surface area (Å²) in [7, 11) is 0. The Bertz CT molecular complexity index is 2330. The molecule has 0 spiro atoms. The van der Waals surface area contributed by atoms with E-state index in [0.29, 0.717) is 12.1 Å². The van der Waals surface area contributed by atoms with Gasteiger partial charge in [-0.25, -0.2) is 27.4 Å². The SMILES string of the molecule is CC1CC(CO[C@H]2OC(CO)[C@@H](O)C(n3cc(-c4cc(F)c(F)c(F)c4)nn3)C2O)C[C@@H](O[C@@H]2OC(CO)[C@H](O)C(O[C@@H](CC3CCCCC3)C(=O)O)C2OC(=O)c2ccccc2)C1O[C@@H]1OC(C)[C@@H](O)C(O)C1O. The summed E-state index contributed by atoms with van der Waals surface area (Å²) in [5.74, 6) is -8.10. The number of aromatic nitrogens is 3. The average Bonchev–Trinajstić information content (AvgIpc) is 3.88. The molecule has 0 amide bonds. The molecule has 0 radical (unpaired) electrons. The van der Waals surface area contributed by atoms with Gasteiger partial charge < -0.3 is 83.9 Å². The number of carbonyl (C=O) groups excluding carboxylic acids is 1. The molecule has 4 heterocycles. The van der Waals surface area contributed by atoms with Gasteiger partial charge in [0.2, 0.25) is 0 Å². The lowest BCUT2D eigenvalue weighted by molar-refractivity contribution is -0.350. The lowest BCUT2D eigenvalue weighted by atomic mass is 9.78. The van der Waals surface area contributed by atoms with Crippen molar-refractivity contribution >= 4 is 11.9 Å². The molecule has 5 fully saturated rings. The van der Waals surface area contributed by atoms with Gasteiger partial charge in [-0.3, -0.25) is 0 Å². The number of carboxylic acid groups (broad SMARTS) is 1. The quantitative estimate of drug-likeness (QED) is 0.0637. The van der Waals surface area contributed by atoms with Crippen molar-refractivity contribution in [3.8, 4) is 11.3 Å². The van der Waals surface area contributed by atoms with E-state index in [1.165, 1.54) is 19.1 Å². The fraction of sp³-hybridized carbons (Fsp3) is 0.680. The summed E-state index contributed by atoms with van der Waals surface area (Å²) >= 11 is 0. The molecule has 20 atom stereocenters. The van der Waals surface area contributed by atoms with Gasteiger partial charge >= 0.3 is 11.9 Å². The van der Waals surface area contributed by atoms with Crippen LogP contribution < -0.4 is 0 Å². The number of ether oxygens (including phenoxy) is 8. The van der Waals surface area contributed by atoms with Crippen LogP contribution >= 0.6 is 0 Å². The molecule has 416 valence electrons. The summed E-state index contributed by atoms with van der Waals surface area (Å²) in [4.78, 5) is 26.8. The molecule has 9 N–H and O–H groups in total. The standard InChI is InChI=1S/C50H66F3N3O19/c1-22-13-25(21-68-48-40(62)36(38(60)33(19-57)72-48)56-18-30(54-55-56)27-16-28(51)35(53)29(52)17-27)15-31(43(22)75-49-42(64)41(63)37(59)23(2)69-49)71-50-45(74-47(67)26-11-7-4-8-12-26)44(39(61)34(20-58)73-50)70-32(46(65)66)14-24-9-5-3-6-10-24/h4,7-8,11-12,16-18,22-25,31-34,36-45,48-50,57-64H,3,5-6,9-10,13-15,19-21H2,1-2H3,(H,65,66)/t22?,23?,25?,31-,32+,33?,34?,36?,37-,38-,39+,40?,41?,42?,43?,44?,45?,48+,49+,50-/m1/s1. The summed E-state index contributed by atoms with van der Waals surface area (Å²) in [6.07, 6.45) is -20.2. The Hall–Kier alpha value is -4.29. The van der Waals surface area contributed by atoms with Gasteiger partial charge in [-0.1, -0.05) is 62.4 Å². The Balaban J connectivity index is 1.07. The van der Waals surface area contributed by atoms with Crippen molar-refractivity contribution in [3.63, 3.8) is 0 Å². The van der Waals surface area contributed by atoms with Crippen LogP contribution in [0.15, 0.2) is 48.7 Å². The van der Waals surface area contributed by atoms with Gasteiger partial charge in [0.15, 0.2) is 48.5 Å². The van der Waals surface area contributed by atoms with Crippen LogP contribution in [0.4, 0.5) is 13.2 Å². The van der Waals surface area contributed by atoms with Gasteiger partial charge in [0.05, 0.1) is 49.9 Å². The highest BCUT2D eigenvalue weighted by Gasteiger charge is 2.54. The molecule has 8 rings (SSSR count). The molecule has 0 bridgehead atoms. The van der Waals surface area contributed by atoms with Gasteiger partial charge in [0.25, 0.3) is 0 Å². The summed E-state index contributed by atoms with van der Waals surface area (Å²) in [6.45, 7) is 1.39. The Morgan fingerprint density at radius 1 is 0.747 bits per heavy atom. The molecule has 3 aromatic rings. The number of esters is 1. The zero-order chi connectivity index (χ0) is 53.8. The number of carboxylic acids is 1. The summed E-state index contributed by atoms with van der Waals surface area (Å²) in [5.41, 5.74) is -0.287. The van der Waals surface area contributed by atoms with E-state index in [9.17, 15) is 68.7 Å². The number of rotatable bonds is 18. The second kappa shape index (κ2) is 25.0. The highest BCUT2D eigenvalue weighted by Crippen LogP contribution is 2.41. The van der Waals surface area contributed by atoms with Crippen molar-refractivity contribution in [2.75, 3.05) is 19.8 Å². The Labute approximate surface area is 428 Å². The monoisotopic (exact) mass is 1070 g/mol. The van der Waals surface area contributed by atoms with Crippen LogP contribution in [-0.2, 0) is 42.7 Å². The van der Waals surface area contributed by atoms with E-state index >= 15 is 0 Å². The van der Waals surface area contributed by atoms with E-state index in [4.69, 9.17) is 37.9 Å². The summed E-state index contributed by atoms with van der Waals surface area (Å²) in [6, 6.07) is 7.71. The second-order valence-corrected chi connectivity index (χ2v) is 20.3. The predicted molar refractivity (Wildman–Crippen MR) is 247 cm³/mol.